The summed E-state index contributed by atoms with van der Waals surface area (Å²) in [7, 11) is 0. The van der Waals surface area contributed by atoms with E-state index in [2.05, 4.69) is 14.7 Å². The molecule has 0 aliphatic carbocycles. The van der Waals surface area contributed by atoms with Gasteiger partial charge in [0, 0.05) is 23.6 Å². The largest absolute Gasteiger partial charge is 0.454 e. The van der Waals surface area contributed by atoms with Gasteiger partial charge in [-0.2, -0.15) is 4.37 Å². The number of nitrogens with one attached hydrogen (secondary N) is 1. The topological polar surface area (TPSA) is 56.3 Å². The number of anilines is 1. The second kappa shape index (κ2) is 4.21. The van der Waals surface area contributed by atoms with Gasteiger partial charge < -0.3 is 14.8 Å². The number of aromatic nitrogens is 2. The molecule has 6 heteroatoms. The van der Waals surface area contributed by atoms with Crippen LogP contribution >= 0.6 is 11.5 Å². The van der Waals surface area contributed by atoms with Crippen LogP contribution in [0.3, 0.4) is 0 Å². The molecule has 5 nitrogen and oxygen atoms in total. The van der Waals surface area contributed by atoms with Crippen LogP contribution in [0.1, 0.15) is 11.4 Å². The highest BCUT2D eigenvalue weighted by atomic mass is 32.1. The first-order valence-electron chi connectivity index (χ1n) is 5.24. The third-order valence-electron chi connectivity index (χ3n) is 2.44. The fraction of sp³-hybridized carbons (Fsp3) is 0.273. The Balaban J connectivity index is 1.75. The van der Waals surface area contributed by atoms with Crippen molar-refractivity contribution in [3.8, 4) is 11.5 Å². The van der Waals surface area contributed by atoms with E-state index in [9.17, 15) is 0 Å². The van der Waals surface area contributed by atoms with Crippen molar-refractivity contribution < 1.29 is 9.47 Å². The number of hydrogen-bond acceptors (Lipinski definition) is 6. The molecule has 2 heterocycles. The molecule has 0 atom stereocenters. The number of hydrogen-bond donors (Lipinski definition) is 1. The Morgan fingerprint density at radius 3 is 3.18 bits per heavy atom. The van der Waals surface area contributed by atoms with Crippen molar-refractivity contribution in [3.05, 3.63) is 29.6 Å². The summed E-state index contributed by atoms with van der Waals surface area (Å²) < 4.78 is 14.9. The van der Waals surface area contributed by atoms with E-state index < -0.39 is 0 Å². The third-order valence-corrected chi connectivity index (χ3v) is 3.20. The molecule has 0 amide bonds. The molecular formula is C11H11N3O2S. The lowest BCUT2D eigenvalue weighted by Crippen LogP contribution is -2.00. The van der Waals surface area contributed by atoms with Gasteiger partial charge in [0.15, 0.2) is 11.5 Å². The molecule has 0 unspecified atom stereocenters. The number of rotatable bonds is 3. The predicted molar refractivity (Wildman–Crippen MR) is 64.5 cm³/mol. The highest BCUT2D eigenvalue weighted by Gasteiger charge is 2.16. The minimum Gasteiger partial charge on any atom is -0.454 e. The highest BCUT2D eigenvalue weighted by Crippen LogP contribution is 2.35. The molecule has 1 N–H and O–H groups in total. The summed E-state index contributed by atoms with van der Waals surface area (Å²) in [6.45, 7) is 2.82. The zero-order valence-electron chi connectivity index (χ0n) is 9.27. The molecule has 0 radical (unpaired) electrons. The molecular weight excluding hydrogens is 238 g/mol. The quantitative estimate of drug-likeness (QED) is 0.903. The number of para-hydroxylation sites is 1. The van der Waals surface area contributed by atoms with Crippen molar-refractivity contribution in [2.75, 3.05) is 12.1 Å². The van der Waals surface area contributed by atoms with Gasteiger partial charge in [0.05, 0.1) is 0 Å². The van der Waals surface area contributed by atoms with Gasteiger partial charge in [0.25, 0.3) is 0 Å². The van der Waals surface area contributed by atoms with Crippen LogP contribution in [0.2, 0.25) is 0 Å². The first-order chi connectivity index (χ1) is 8.33. The van der Waals surface area contributed by atoms with Crippen molar-refractivity contribution in [1.29, 1.82) is 0 Å². The second-order valence-corrected chi connectivity index (χ2v) is 4.40. The number of ether oxygens (including phenoxy) is 2. The number of benzene rings is 1. The normalized spacial score (nSPS) is 12.8. The average molecular weight is 249 g/mol. The number of fused-ring (bicyclic) bond motifs is 1. The van der Waals surface area contributed by atoms with Crippen molar-refractivity contribution in [1.82, 2.24) is 9.36 Å². The Morgan fingerprint density at radius 2 is 2.35 bits per heavy atom. The lowest BCUT2D eigenvalue weighted by molar-refractivity contribution is 0.173. The average Bonchev–Trinajstić information content (AvgIpc) is 2.94. The van der Waals surface area contributed by atoms with E-state index in [1.807, 2.05) is 25.1 Å². The Morgan fingerprint density at radius 1 is 1.41 bits per heavy atom. The molecule has 2 aromatic rings. The van der Waals surface area contributed by atoms with Gasteiger partial charge in [-0.3, -0.25) is 0 Å². The van der Waals surface area contributed by atoms with Crippen LogP contribution in [-0.4, -0.2) is 16.2 Å². The van der Waals surface area contributed by atoms with Crippen molar-refractivity contribution >= 4 is 16.7 Å². The van der Waals surface area contributed by atoms with E-state index in [0.29, 0.717) is 13.3 Å². The molecule has 1 aromatic carbocycles. The zero-order valence-corrected chi connectivity index (χ0v) is 10.1. The van der Waals surface area contributed by atoms with Gasteiger partial charge in [0.1, 0.15) is 5.82 Å². The molecule has 88 valence electrons. The van der Waals surface area contributed by atoms with Gasteiger partial charge in [-0.25, -0.2) is 4.98 Å². The summed E-state index contributed by atoms with van der Waals surface area (Å²) in [4.78, 5) is 4.24. The maximum Gasteiger partial charge on any atom is 0.231 e. The molecule has 1 aliphatic rings. The Labute approximate surface area is 103 Å². The van der Waals surface area contributed by atoms with Crippen LogP contribution in [0.4, 0.5) is 5.13 Å². The van der Waals surface area contributed by atoms with E-state index in [1.165, 1.54) is 11.5 Å². The highest BCUT2D eigenvalue weighted by molar-refractivity contribution is 7.09. The fourth-order valence-electron chi connectivity index (χ4n) is 1.67. The molecule has 0 bridgehead atoms. The van der Waals surface area contributed by atoms with Crippen molar-refractivity contribution in [3.63, 3.8) is 0 Å². The summed E-state index contributed by atoms with van der Waals surface area (Å²) >= 11 is 1.36. The van der Waals surface area contributed by atoms with Crippen LogP contribution in [-0.2, 0) is 6.54 Å². The standard InChI is InChI=1S/C11H11N3O2S/c1-7-13-11(17-14-7)12-5-8-3-2-4-9-10(8)16-6-15-9/h2-4H,5-6H2,1H3,(H,12,13,14). The van der Waals surface area contributed by atoms with E-state index in [0.717, 1.165) is 28.0 Å². The number of nitrogens with zero attached hydrogens (tertiary/aromatic N) is 2. The van der Waals surface area contributed by atoms with Gasteiger partial charge in [-0.1, -0.05) is 12.1 Å². The fourth-order valence-corrected chi connectivity index (χ4v) is 2.24. The Bertz CT molecular complexity index is 541. The van der Waals surface area contributed by atoms with E-state index in [4.69, 9.17) is 9.47 Å². The van der Waals surface area contributed by atoms with Gasteiger partial charge in [-0.15, -0.1) is 0 Å². The SMILES string of the molecule is Cc1nsc(NCc2cccc3c2OCO3)n1. The lowest BCUT2D eigenvalue weighted by atomic mass is 10.2. The lowest BCUT2D eigenvalue weighted by Gasteiger charge is -2.05. The summed E-state index contributed by atoms with van der Waals surface area (Å²) in [6, 6.07) is 5.87. The molecule has 0 spiro atoms. The zero-order chi connectivity index (χ0) is 11.7. The van der Waals surface area contributed by atoms with Crippen LogP contribution in [0.5, 0.6) is 11.5 Å². The molecule has 0 saturated heterocycles. The molecule has 3 rings (SSSR count). The van der Waals surface area contributed by atoms with Crippen LogP contribution in [0.15, 0.2) is 18.2 Å². The summed E-state index contributed by atoms with van der Waals surface area (Å²) in [5.74, 6) is 2.41. The van der Waals surface area contributed by atoms with Gasteiger partial charge in [0.2, 0.25) is 11.9 Å². The maximum absolute atomic E-state index is 5.43. The summed E-state index contributed by atoms with van der Waals surface area (Å²) in [6.07, 6.45) is 0. The van der Waals surface area contributed by atoms with E-state index in [1.54, 1.807) is 0 Å². The minimum atomic E-state index is 0.296. The molecule has 1 aliphatic heterocycles. The van der Waals surface area contributed by atoms with Crippen LogP contribution in [0.25, 0.3) is 0 Å². The van der Waals surface area contributed by atoms with E-state index >= 15 is 0 Å². The first-order valence-corrected chi connectivity index (χ1v) is 6.02. The first kappa shape index (κ1) is 10.3. The molecule has 0 saturated carbocycles. The predicted octanol–water partition coefficient (Wildman–Crippen LogP) is 2.19. The summed E-state index contributed by atoms with van der Waals surface area (Å²) in [5, 5.41) is 4.04. The Kier molecular flexibility index (Phi) is 2.56. The summed E-state index contributed by atoms with van der Waals surface area (Å²) in [5.41, 5.74) is 1.06. The van der Waals surface area contributed by atoms with Gasteiger partial charge >= 0.3 is 0 Å². The third kappa shape index (κ3) is 2.03. The van der Waals surface area contributed by atoms with Crippen LogP contribution < -0.4 is 14.8 Å². The smallest absolute Gasteiger partial charge is 0.231 e. The van der Waals surface area contributed by atoms with Crippen LogP contribution in [0, 0.1) is 6.92 Å². The molecule has 1 aromatic heterocycles. The number of aryl methyl sites for hydroxylation is 1. The molecule has 0 fully saturated rings. The monoisotopic (exact) mass is 249 g/mol. The maximum atomic E-state index is 5.43. The van der Waals surface area contributed by atoms with Gasteiger partial charge in [-0.05, 0) is 13.0 Å². The van der Waals surface area contributed by atoms with E-state index in [-0.39, 0.29) is 0 Å². The minimum absolute atomic E-state index is 0.296. The Hall–Kier alpha value is -1.82. The van der Waals surface area contributed by atoms with Crippen molar-refractivity contribution in [2.24, 2.45) is 0 Å². The second-order valence-electron chi connectivity index (χ2n) is 3.65. The van der Waals surface area contributed by atoms with Crippen molar-refractivity contribution in [2.45, 2.75) is 13.5 Å². The molecule has 17 heavy (non-hydrogen) atoms.